The van der Waals surface area contributed by atoms with Gasteiger partial charge in [-0.2, -0.15) is 0 Å². The van der Waals surface area contributed by atoms with E-state index in [1.54, 1.807) is 12.1 Å². The quantitative estimate of drug-likeness (QED) is 0.520. The Morgan fingerprint density at radius 3 is 2.41 bits per heavy atom. The molecule has 0 unspecified atom stereocenters. The van der Waals surface area contributed by atoms with E-state index in [1.165, 1.54) is 17.7 Å². The summed E-state index contributed by atoms with van der Waals surface area (Å²) in [7, 11) is -3.72. The molecule has 1 amide bonds. The lowest BCUT2D eigenvalue weighted by atomic mass is 10.1. The van der Waals surface area contributed by atoms with Gasteiger partial charge in [0.05, 0.1) is 11.4 Å². The molecule has 0 atom stereocenters. The lowest BCUT2D eigenvalue weighted by Crippen LogP contribution is -2.41. The number of nitrogens with two attached hydrogens (primary N) is 1. The largest absolute Gasteiger partial charge is 0.355 e. The van der Waals surface area contributed by atoms with E-state index in [4.69, 9.17) is 17.4 Å². The van der Waals surface area contributed by atoms with E-state index in [2.05, 4.69) is 32.6 Å². The number of amides is 1. The van der Waals surface area contributed by atoms with Crippen molar-refractivity contribution in [1.82, 2.24) is 15.1 Å². The number of carbonyl (C=O) groups is 1. The third-order valence-electron chi connectivity index (χ3n) is 5.26. The first-order valence-electron chi connectivity index (χ1n) is 10.5. The molecule has 2 aromatic carbocycles. The van der Waals surface area contributed by atoms with E-state index >= 15 is 0 Å². The van der Waals surface area contributed by atoms with Crippen molar-refractivity contribution in [3.63, 3.8) is 0 Å². The summed E-state index contributed by atoms with van der Waals surface area (Å²) in [4.78, 5) is 16.6. The van der Waals surface area contributed by atoms with Crippen LogP contribution < -0.4 is 15.8 Å². The fraction of sp³-hybridized carbons (Fsp3) is 0.364. The molecule has 0 spiro atoms. The molecule has 0 aliphatic carbocycles. The number of primary sulfonamides is 1. The Morgan fingerprint density at radius 1 is 1.00 bits per heavy atom. The van der Waals surface area contributed by atoms with Gasteiger partial charge in [0.25, 0.3) is 0 Å². The number of sulfonamides is 1. The van der Waals surface area contributed by atoms with Crippen molar-refractivity contribution in [1.29, 1.82) is 0 Å². The smallest absolute Gasteiger partial charge is 0.238 e. The van der Waals surface area contributed by atoms with Gasteiger partial charge in [-0.1, -0.05) is 30.3 Å². The number of anilines is 1. The third kappa shape index (κ3) is 7.56. The Balaban J connectivity index is 1.42. The summed E-state index contributed by atoms with van der Waals surface area (Å²) in [5.41, 5.74) is 1.90. The van der Waals surface area contributed by atoms with E-state index in [9.17, 15) is 13.2 Å². The number of nitrogens with one attached hydrogen (secondary N) is 2. The van der Waals surface area contributed by atoms with E-state index in [-0.39, 0.29) is 10.8 Å². The monoisotopic (exact) mass is 475 g/mol. The highest BCUT2D eigenvalue weighted by molar-refractivity contribution is 7.89. The molecular formula is C22H29N5O3S2. The number of hydrogen-bond donors (Lipinski definition) is 3. The Morgan fingerprint density at radius 2 is 1.72 bits per heavy atom. The van der Waals surface area contributed by atoms with Gasteiger partial charge in [-0.15, -0.1) is 0 Å². The van der Waals surface area contributed by atoms with Gasteiger partial charge in [0.2, 0.25) is 15.9 Å². The number of hydrogen-bond acceptors (Lipinski definition) is 5. The predicted octanol–water partition coefficient (Wildman–Crippen LogP) is 1.40. The molecule has 1 heterocycles. The minimum atomic E-state index is -3.72. The fourth-order valence-corrected chi connectivity index (χ4v) is 4.33. The first-order valence-corrected chi connectivity index (χ1v) is 12.5. The van der Waals surface area contributed by atoms with Gasteiger partial charge in [-0.3, -0.25) is 9.69 Å². The summed E-state index contributed by atoms with van der Waals surface area (Å²) >= 11 is 5.53. The van der Waals surface area contributed by atoms with E-state index < -0.39 is 10.0 Å². The predicted molar refractivity (Wildman–Crippen MR) is 130 cm³/mol. The molecule has 10 heteroatoms. The van der Waals surface area contributed by atoms with Gasteiger partial charge in [0, 0.05) is 38.4 Å². The SMILES string of the molecule is NS(=O)(=O)c1ccc(NC(=S)N2CCCN(CC(=O)NCCc3ccccc3)CC2)cc1. The molecule has 0 aromatic heterocycles. The summed E-state index contributed by atoms with van der Waals surface area (Å²) in [5, 5.41) is 11.8. The minimum Gasteiger partial charge on any atom is -0.355 e. The maximum atomic E-state index is 12.3. The van der Waals surface area contributed by atoms with Gasteiger partial charge in [0.15, 0.2) is 5.11 Å². The van der Waals surface area contributed by atoms with Crippen LogP contribution in [0.25, 0.3) is 0 Å². The van der Waals surface area contributed by atoms with Crippen LogP contribution in [0.1, 0.15) is 12.0 Å². The molecule has 1 aliphatic rings. The van der Waals surface area contributed by atoms with Crippen molar-refractivity contribution >= 4 is 38.9 Å². The lowest BCUT2D eigenvalue weighted by Gasteiger charge is -2.24. The first kappa shape index (κ1) is 24.1. The van der Waals surface area contributed by atoms with E-state index in [0.717, 1.165) is 32.5 Å². The molecule has 0 bridgehead atoms. The molecule has 32 heavy (non-hydrogen) atoms. The molecule has 4 N–H and O–H groups in total. The van der Waals surface area contributed by atoms with Crippen LogP contribution in [0.3, 0.4) is 0 Å². The molecule has 1 fully saturated rings. The average Bonchev–Trinajstić information content (AvgIpc) is 3.00. The lowest BCUT2D eigenvalue weighted by molar-refractivity contribution is -0.122. The second-order valence-electron chi connectivity index (χ2n) is 7.70. The van der Waals surface area contributed by atoms with Crippen LogP contribution >= 0.6 is 12.2 Å². The zero-order chi connectivity index (χ0) is 23.0. The Kier molecular flexibility index (Phi) is 8.57. The van der Waals surface area contributed by atoms with Gasteiger partial charge in [0.1, 0.15) is 0 Å². The normalized spacial score (nSPS) is 15.1. The highest BCUT2D eigenvalue weighted by Crippen LogP contribution is 2.14. The summed E-state index contributed by atoms with van der Waals surface area (Å²) < 4.78 is 22.7. The molecule has 0 radical (unpaired) electrons. The maximum absolute atomic E-state index is 12.3. The second-order valence-corrected chi connectivity index (χ2v) is 9.65. The van der Waals surface area contributed by atoms with Crippen LogP contribution in [0, 0.1) is 0 Å². The summed E-state index contributed by atoms with van der Waals surface area (Å²) in [6.07, 6.45) is 1.71. The zero-order valence-corrected chi connectivity index (χ0v) is 19.5. The third-order valence-corrected chi connectivity index (χ3v) is 6.55. The number of nitrogens with zero attached hydrogens (tertiary/aromatic N) is 2. The Hall–Kier alpha value is -2.53. The molecular weight excluding hydrogens is 446 g/mol. The van der Waals surface area contributed by atoms with Crippen molar-refractivity contribution in [2.45, 2.75) is 17.7 Å². The van der Waals surface area contributed by atoms with Crippen LogP contribution in [0.15, 0.2) is 59.5 Å². The Bertz CT molecular complexity index is 1010. The summed E-state index contributed by atoms with van der Waals surface area (Å²) in [6.45, 7) is 4.05. The van der Waals surface area contributed by atoms with Crippen molar-refractivity contribution in [3.8, 4) is 0 Å². The molecule has 3 rings (SSSR count). The van der Waals surface area contributed by atoms with Crippen LogP contribution in [0.4, 0.5) is 5.69 Å². The van der Waals surface area contributed by atoms with Gasteiger partial charge in [-0.05, 0) is 54.9 Å². The van der Waals surface area contributed by atoms with E-state index in [1.807, 2.05) is 18.2 Å². The highest BCUT2D eigenvalue weighted by Gasteiger charge is 2.19. The van der Waals surface area contributed by atoms with Crippen molar-refractivity contribution in [2.75, 3.05) is 44.6 Å². The van der Waals surface area contributed by atoms with Gasteiger partial charge < -0.3 is 15.5 Å². The average molecular weight is 476 g/mol. The maximum Gasteiger partial charge on any atom is 0.238 e. The molecule has 1 aliphatic heterocycles. The highest BCUT2D eigenvalue weighted by atomic mass is 32.2. The summed E-state index contributed by atoms with van der Waals surface area (Å²) in [5.74, 6) is 0.0324. The van der Waals surface area contributed by atoms with Gasteiger partial charge in [-0.25, -0.2) is 13.6 Å². The molecule has 8 nitrogen and oxygen atoms in total. The molecule has 2 aromatic rings. The van der Waals surface area contributed by atoms with Crippen molar-refractivity contribution in [2.24, 2.45) is 5.14 Å². The van der Waals surface area contributed by atoms with Crippen LogP contribution in [-0.2, 0) is 21.2 Å². The molecule has 172 valence electrons. The standard InChI is InChI=1S/C22H29N5O3S2/c23-32(29,30)20-9-7-19(8-10-20)25-22(31)27-14-4-13-26(15-16-27)17-21(28)24-12-11-18-5-2-1-3-6-18/h1-3,5-10H,4,11-17H2,(H,24,28)(H,25,31)(H2,23,29,30). The summed E-state index contributed by atoms with van der Waals surface area (Å²) in [6, 6.07) is 16.3. The zero-order valence-electron chi connectivity index (χ0n) is 17.9. The van der Waals surface area contributed by atoms with Crippen LogP contribution in [0.5, 0.6) is 0 Å². The molecule has 0 saturated carbocycles. The number of benzene rings is 2. The first-order chi connectivity index (χ1) is 15.3. The van der Waals surface area contributed by atoms with Crippen LogP contribution in [0.2, 0.25) is 0 Å². The number of carbonyl (C=O) groups excluding carboxylic acids is 1. The topological polar surface area (TPSA) is 108 Å². The minimum absolute atomic E-state index is 0.0324. The Labute approximate surface area is 194 Å². The second kappa shape index (κ2) is 11.4. The number of thiocarbonyl (C=S) groups is 1. The molecule has 1 saturated heterocycles. The van der Waals surface area contributed by atoms with Crippen molar-refractivity contribution in [3.05, 3.63) is 60.2 Å². The van der Waals surface area contributed by atoms with Crippen LogP contribution in [-0.4, -0.2) is 68.5 Å². The van der Waals surface area contributed by atoms with E-state index in [0.29, 0.717) is 30.4 Å². The number of rotatable bonds is 7. The van der Waals surface area contributed by atoms with Crippen molar-refractivity contribution < 1.29 is 13.2 Å². The van der Waals surface area contributed by atoms with Gasteiger partial charge >= 0.3 is 0 Å². The fourth-order valence-electron chi connectivity index (χ4n) is 3.51.